The molecule has 17 heavy (non-hydrogen) atoms. The number of hydrogen-bond acceptors (Lipinski definition) is 2. The van der Waals surface area contributed by atoms with Gasteiger partial charge in [-0.2, -0.15) is 0 Å². The number of halogens is 1. The standard InChI is InChI=1S/C14H21FN2/c1-11-4-3-9-17(10-11)14-12(7-8-16)5-2-6-13(14)15/h2,5-6,11H,3-4,7-10,16H2,1H3. The molecule has 1 aromatic carbocycles. The van der Waals surface area contributed by atoms with Crippen LogP contribution < -0.4 is 10.6 Å². The Kier molecular flexibility index (Phi) is 4.00. The second-order valence-corrected chi connectivity index (χ2v) is 4.98. The summed E-state index contributed by atoms with van der Waals surface area (Å²) in [6.07, 6.45) is 3.15. The Morgan fingerprint density at radius 2 is 2.29 bits per heavy atom. The first-order chi connectivity index (χ1) is 8.22. The highest BCUT2D eigenvalue weighted by Gasteiger charge is 2.21. The fraction of sp³-hybridized carbons (Fsp3) is 0.571. The van der Waals surface area contributed by atoms with E-state index >= 15 is 0 Å². The molecule has 0 aromatic heterocycles. The van der Waals surface area contributed by atoms with Crippen molar-refractivity contribution in [2.45, 2.75) is 26.2 Å². The number of piperidine rings is 1. The van der Waals surface area contributed by atoms with Gasteiger partial charge in [-0.1, -0.05) is 19.1 Å². The minimum atomic E-state index is -0.106. The first-order valence-electron chi connectivity index (χ1n) is 6.44. The van der Waals surface area contributed by atoms with Gasteiger partial charge in [0.05, 0.1) is 5.69 Å². The second-order valence-electron chi connectivity index (χ2n) is 4.98. The molecule has 1 atom stereocenters. The Morgan fingerprint density at radius 3 is 3.00 bits per heavy atom. The lowest BCUT2D eigenvalue weighted by Gasteiger charge is -2.34. The van der Waals surface area contributed by atoms with Gasteiger partial charge in [-0.05, 0) is 43.4 Å². The third-order valence-corrected chi connectivity index (χ3v) is 3.46. The predicted octanol–water partition coefficient (Wildman–Crippen LogP) is 2.56. The Hall–Kier alpha value is -1.09. The van der Waals surface area contributed by atoms with E-state index in [2.05, 4.69) is 11.8 Å². The maximum atomic E-state index is 14.0. The molecule has 3 heteroatoms. The molecule has 0 spiro atoms. The highest BCUT2D eigenvalue weighted by atomic mass is 19.1. The highest BCUT2D eigenvalue weighted by Crippen LogP contribution is 2.29. The average Bonchev–Trinajstić information content (AvgIpc) is 2.29. The number of para-hydroxylation sites is 1. The quantitative estimate of drug-likeness (QED) is 0.874. The SMILES string of the molecule is CC1CCCN(c2c(F)cccc2CCN)C1. The zero-order valence-electron chi connectivity index (χ0n) is 10.5. The number of rotatable bonds is 3. The Bertz CT molecular complexity index is 378. The van der Waals surface area contributed by atoms with E-state index in [-0.39, 0.29) is 5.82 Å². The minimum absolute atomic E-state index is 0.106. The van der Waals surface area contributed by atoms with Crippen molar-refractivity contribution in [2.75, 3.05) is 24.5 Å². The van der Waals surface area contributed by atoms with Crippen molar-refractivity contribution in [2.24, 2.45) is 11.7 Å². The maximum Gasteiger partial charge on any atom is 0.146 e. The molecule has 94 valence electrons. The van der Waals surface area contributed by atoms with Crippen LogP contribution in [0.5, 0.6) is 0 Å². The third kappa shape index (κ3) is 2.78. The van der Waals surface area contributed by atoms with Crippen LogP contribution in [0.2, 0.25) is 0 Å². The number of anilines is 1. The molecular formula is C14H21FN2. The molecule has 1 fully saturated rings. The number of hydrogen-bond donors (Lipinski definition) is 1. The van der Waals surface area contributed by atoms with Gasteiger partial charge in [0, 0.05) is 13.1 Å². The van der Waals surface area contributed by atoms with Gasteiger partial charge in [0.25, 0.3) is 0 Å². The second kappa shape index (κ2) is 5.50. The van der Waals surface area contributed by atoms with Crippen LogP contribution in [0, 0.1) is 11.7 Å². The fourth-order valence-electron chi connectivity index (χ4n) is 2.66. The molecular weight excluding hydrogens is 215 g/mol. The van der Waals surface area contributed by atoms with Crippen molar-refractivity contribution in [1.29, 1.82) is 0 Å². The van der Waals surface area contributed by atoms with Gasteiger partial charge in [0.1, 0.15) is 5.82 Å². The zero-order valence-corrected chi connectivity index (χ0v) is 10.5. The van der Waals surface area contributed by atoms with Crippen LogP contribution >= 0.6 is 0 Å². The first kappa shape index (κ1) is 12.4. The van der Waals surface area contributed by atoms with Crippen molar-refractivity contribution in [3.05, 3.63) is 29.6 Å². The molecule has 0 amide bonds. The fourth-order valence-corrected chi connectivity index (χ4v) is 2.66. The summed E-state index contributed by atoms with van der Waals surface area (Å²) in [7, 11) is 0. The van der Waals surface area contributed by atoms with Crippen molar-refractivity contribution in [1.82, 2.24) is 0 Å². The van der Waals surface area contributed by atoms with Crippen LogP contribution in [0.3, 0.4) is 0 Å². The van der Waals surface area contributed by atoms with Crippen LogP contribution in [-0.4, -0.2) is 19.6 Å². The maximum absolute atomic E-state index is 14.0. The van der Waals surface area contributed by atoms with E-state index in [0.717, 1.165) is 37.2 Å². The molecule has 2 N–H and O–H groups in total. The van der Waals surface area contributed by atoms with E-state index < -0.39 is 0 Å². The third-order valence-electron chi connectivity index (χ3n) is 3.46. The molecule has 0 saturated carbocycles. The summed E-state index contributed by atoms with van der Waals surface area (Å²) < 4.78 is 14.0. The van der Waals surface area contributed by atoms with Gasteiger partial charge in [0.2, 0.25) is 0 Å². The molecule has 1 aliphatic rings. The molecule has 1 saturated heterocycles. The van der Waals surface area contributed by atoms with Crippen LogP contribution in [0.25, 0.3) is 0 Å². The summed E-state index contributed by atoms with van der Waals surface area (Å²) in [4.78, 5) is 2.19. The van der Waals surface area contributed by atoms with Crippen molar-refractivity contribution < 1.29 is 4.39 Å². The normalized spacial score (nSPS) is 20.6. The van der Waals surface area contributed by atoms with Crippen LogP contribution in [0.4, 0.5) is 10.1 Å². The van der Waals surface area contributed by atoms with Gasteiger partial charge < -0.3 is 10.6 Å². The molecule has 0 radical (unpaired) electrons. The summed E-state index contributed by atoms with van der Waals surface area (Å²) in [5.74, 6) is 0.541. The van der Waals surface area contributed by atoms with Gasteiger partial charge >= 0.3 is 0 Å². The summed E-state index contributed by atoms with van der Waals surface area (Å²) in [5, 5.41) is 0. The predicted molar refractivity (Wildman–Crippen MR) is 69.8 cm³/mol. The lowest BCUT2D eigenvalue weighted by Crippen LogP contribution is -2.35. The van der Waals surface area contributed by atoms with Gasteiger partial charge in [-0.15, -0.1) is 0 Å². The summed E-state index contributed by atoms with van der Waals surface area (Å²) in [6, 6.07) is 5.32. The Balaban J connectivity index is 2.28. The van der Waals surface area contributed by atoms with E-state index in [1.165, 1.54) is 6.42 Å². The van der Waals surface area contributed by atoms with E-state index in [1.54, 1.807) is 12.1 Å². The van der Waals surface area contributed by atoms with Gasteiger partial charge in [0.15, 0.2) is 0 Å². The largest absolute Gasteiger partial charge is 0.369 e. The molecule has 2 nitrogen and oxygen atoms in total. The van der Waals surface area contributed by atoms with Crippen molar-refractivity contribution in [3.8, 4) is 0 Å². The lowest BCUT2D eigenvalue weighted by atomic mass is 9.98. The Morgan fingerprint density at radius 1 is 1.47 bits per heavy atom. The zero-order chi connectivity index (χ0) is 12.3. The van der Waals surface area contributed by atoms with Gasteiger partial charge in [-0.25, -0.2) is 4.39 Å². The average molecular weight is 236 g/mol. The highest BCUT2D eigenvalue weighted by molar-refractivity contribution is 5.55. The number of nitrogens with zero attached hydrogens (tertiary/aromatic N) is 1. The molecule has 2 rings (SSSR count). The molecule has 1 aromatic rings. The van der Waals surface area contributed by atoms with Crippen molar-refractivity contribution in [3.63, 3.8) is 0 Å². The molecule has 0 bridgehead atoms. The van der Waals surface area contributed by atoms with Crippen LogP contribution in [0.15, 0.2) is 18.2 Å². The molecule has 1 heterocycles. The monoisotopic (exact) mass is 236 g/mol. The van der Waals surface area contributed by atoms with Gasteiger partial charge in [-0.3, -0.25) is 0 Å². The van der Waals surface area contributed by atoms with Crippen LogP contribution in [0.1, 0.15) is 25.3 Å². The van der Waals surface area contributed by atoms with E-state index in [4.69, 9.17) is 5.73 Å². The van der Waals surface area contributed by atoms with E-state index in [0.29, 0.717) is 12.5 Å². The lowest BCUT2D eigenvalue weighted by molar-refractivity contribution is 0.441. The summed E-state index contributed by atoms with van der Waals surface area (Å²) >= 11 is 0. The number of nitrogens with two attached hydrogens (primary N) is 1. The van der Waals surface area contributed by atoms with E-state index in [9.17, 15) is 4.39 Å². The van der Waals surface area contributed by atoms with Crippen molar-refractivity contribution >= 4 is 5.69 Å². The molecule has 0 aliphatic carbocycles. The minimum Gasteiger partial charge on any atom is -0.369 e. The van der Waals surface area contributed by atoms with E-state index in [1.807, 2.05) is 6.07 Å². The van der Waals surface area contributed by atoms with Crippen LogP contribution in [-0.2, 0) is 6.42 Å². The smallest absolute Gasteiger partial charge is 0.146 e. The molecule has 1 aliphatic heterocycles. The number of benzene rings is 1. The summed E-state index contributed by atoms with van der Waals surface area (Å²) in [6.45, 7) is 4.72. The summed E-state index contributed by atoms with van der Waals surface area (Å²) in [5.41, 5.74) is 7.42. The topological polar surface area (TPSA) is 29.3 Å². The molecule has 1 unspecified atom stereocenters. The first-order valence-corrected chi connectivity index (χ1v) is 6.44. The Labute approximate surface area is 103 Å².